The van der Waals surface area contributed by atoms with Gasteiger partial charge >= 0.3 is 6.09 Å². The number of hydrogen-bond donors (Lipinski definition) is 1. The van der Waals surface area contributed by atoms with E-state index in [0.717, 1.165) is 25.9 Å². The van der Waals surface area contributed by atoms with Gasteiger partial charge in [0.25, 0.3) is 0 Å². The van der Waals surface area contributed by atoms with E-state index in [1.54, 1.807) is 0 Å². The van der Waals surface area contributed by atoms with Gasteiger partial charge in [0.15, 0.2) is 0 Å². The Kier molecular flexibility index (Phi) is 3.32. The summed E-state index contributed by atoms with van der Waals surface area (Å²) in [4.78, 5) is 15.6. The van der Waals surface area contributed by atoms with Crippen LogP contribution in [-0.4, -0.2) is 58.5 Å². The second-order valence-corrected chi connectivity index (χ2v) is 5.83. The highest BCUT2D eigenvalue weighted by Gasteiger charge is 2.41. The van der Waals surface area contributed by atoms with E-state index < -0.39 is 17.9 Å². The minimum Gasteiger partial charge on any atom is -0.444 e. The predicted octanol–water partition coefficient (Wildman–Crippen LogP) is 1.02. The van der Waals surface area contributed by atoms with E-state index in [0.29, 0.717) is 6.54 Å². The first kappa shape index (κ1) is 12.6. The van der Waals surface area contributed by atoms with Crippen LogP contribution >= 0.6 is 0 Å². The number of hydrogen-bond acceptors (Lipinski definition) is 4. The second-order valence-electron chi connectivity index (χ2n) is 5.83. The number of aliphatic hydroxyl groups is 1. The summed E-state index contributed by atoms with van der Waals surface area (Å²) in [5.41, 5.74) is -0.510. The molecular weight excluding hydrogens is 220 g/mol. The van der Waals surface area contributed by atoms with Crippen molar-refractivity contribution < 1.29 is 14.6 Å². The molecule has 2 unspecified atom stereocenters. The molecule has 1 N–H and O–H groups in total. The molecule has 0 bridgehead atoms. The number of carbonyl (C=O) groups is 1. The van der Waals surface area contributed by atoms with Crippen LogP contribution in [0.15, 0.2) is 0 Å². The lowest BCUT2D eigenvalue weighted by Gasteiger charge is -2.41. The van der Waals surface area contributed by atoms with E-state index in [9.17, 15) is 9.90 Å². The van der Waals surface area contributed by atoms with Gasteiger partial charge in [-0.1, -0.05) is 0 Å². The molecule has 0 aromatic rings. The molecular formula is C12H22N2O3. The van der Waals surface area contributed by atoms with Crippen LogP contribution in [0.3, 0.4) is 0 Å². The first-order chi connectivity index (χ1) is 7.88. The molecule has 98 valence electrons. The highest BCUT2D eigenvalue weighted by atomic mass is 16.6. The van der Waals surface area contributed by atoms with E-state index in [2.05, 4.69) is 4.90 Å². The van der Waals surface area contributed by atoms with E-state index in [1.807, 2.05) is 20.8 Å². The fourth-order valence-corrected chi connectivity index (χ4v) is 2.56. The molecule has 2 aliphatic rings. The van der Waals surface area contributed by atoms with Gasteiger partial charge in [0.2, 0.25) is 0 Å². The third-order valence-electron chi connectivity index (χ3n) is 3.33. The summed E-state index contributed by atoms with van der Waals surface area (Å²) >= 11 is 0. The predicted molar refractivity (Wildman–Crippen MR) is 63.5 cm³/mol. The molecule has 0 radical (unpaired) electrons. The van der Waals surface area contributed by atoms with Crippen LogP contribution in [-0.2, 0) is 4.74 Å². The Hall–Kier alpha value is -0.810. The van der Waals surface area contributed by atoms with Crippen LogP contribution in [0.25, 0.3) is 0 Å². The van der Waals surface area contributed by atoms with E-state index in [1.165, 1.54) is 4.90 Å². The Labute approximate surface area is 102 Å². The first-order valence-electron chi connectivity index (χ1n) is 6.30. The van der Waals surface area contributed by atoms with Crippen LogP contribution in [0, 0.1) is 0 Å². The SMILES string of the molecule is CC(C)(C)OC(=O)N1CCN2CCCC2C1O. The topological polar surface area (TPSA) is 53.0 Å². The van der Waals surface area contributed by atoms with Gasteiger partial charge < -0.3 is 9.84 Å². The molecule has 2 atom stereocenters. The number of carbonyl (C=O) groups excluding carboxylic acids is 1. The summed E-state index contributed by atoms with van der Waals surface area (Å²) in [5.74, 6) is 0. The average molecular weight is 242 g/mol. The van der Waals surface area contributed by atoms with Gasteiger partial charge in [0.05, 0.1) is 6.04 Å². The van der Waals surface area contributed by atoms with Gasteiger partial charge in [-0.05, 0) is 40.2 Å². The number of aliphatic hydroxyl groups excluding tert-OH is 1. The summed E-state index contributed by atoms with van der Waals surface area (Å²) < 4.78 is 5.30. The van der Waals surface area contributed by atoms with Crippen LogP contribution < -0.4 is 0 Å². The fourth-order valence-electron chi connectivity index (χ4n) is 2.56. The fraction of sp³-hybridized carbons (Fsp3) is 0.917. The maximum absolute atomic E-state index is 11.9. The zero-order chi connectivity index (χ0) is 12.6. The smallest absolute Gasteiger partial charge is 0.412 e. The van der Waals surface area contributed by atoms with Gasteiger partial charge in [-0.3, -0.25) is 9.80 Å². The molecule has 2 fully saturated rings. The molecule has 0 aromatic heterocycles. The largest absolute Gasteiger partial charge is 0.444 e. The van der Waals surface area contributed by atoms with Crippen molar-refractivity contribution in [3.63, 3.8) is 0 Å². The summed E-state index contributed by atoms with van der Waals surface area (Å²) in [7, 11) is 0. The molecule has 0 saturated carbocycles. The van der Waals surface area contributed by atoms with Gasteiger partial charge in [-0.2, -0.15) is 0 Å². The van der Waals surface area contributed by atoms with Crippen molar-refractivity contribution in [3.05, 3.63) is 0 Å². The van der Waals surface area contributed by atoms with E-state index in [4.69, 9.17) is 4.74 Å². The van der Waals surface area contributed by atoms with E-state index >= 15 is 0 Å². The third-order valence-corrected chi connectivity index (χ3v) is 3.33. The molecule has 0 aliphatic carbocycles. The zero-order valence-corrected chi connectivity index (χ0v) is 10.8. The standard InChI is InChI=1S/C12H22N2O3/c1-12(2,3)17-11(16)14-8-7-13-6-4-5-9(13)10(14)15/h9-10,15H,4-8H2,1-3H3. The molecule has 2 heterocycles. The molecule has 2 rings (SSSR count). The van der Waals surface area contributed by atoms with Gasteiger partial charge in [-0.15, -0.1) is 0 Å². The van der Waals surface area contributed by atoms with Crippen molar-refractivity contribution in [1.29, 1.82) is 0 Å². The maximum Gasteiger partial charge on any atom is 0.412 e. The molecule has 1 amide bonds. The van der Waals surface area contributed by atoms with Crippen molar-refractivity contribution in [2.45, 2.75) is 51.5 Å². The normalized spacial score (nSPS) is 30.2. The highest BCUT2D eigenvalue weighted by molar-refractivity contribution is 5.68. The number of piperazine rings is 1. The lowest BCUT2D eigenvalue weighted by molar-refractivity contribution is -0.0863. The van der Waals surface area contributed by atoms with Crippen molar-refractivity contribution in [2.24, 2.45) is 0 Å². The Morgan fingerprint density at radius 3 is 2.65 bits per heavy atom. The van der Waals surface area contributed by atoms with Crippen molar-refractivity contribution in [3.8, 4) is 0 Å². The zero-order valence-electron chi connectivity index (χ0n) is 10.8. The third kappa shape index (κ3) is 2.72. The molecule has 17 heavy (non-hydrogen) atoms. The molecule has 5 heteroatoms. The summed E-state index contributed by atoms with van der Waals surface area (Å²) in [5, 5.41) is 10.2. The lowest BCUT2D eigenvalue weighted by Crippen LogP contribution is -2.59. The van der Waals surface area contributed by atoms with Crippen molar-refractivity contribution >= 4 is 6.09 Å². The van der Waals surface area contributed by atoms with Gasteiger partial charge in [0, 0.05) is 13.1 Å². The second kappa shape index (κ2) is 4.46. The Morgan fingerprint density at radius 2 is 2.00 bits per heavy atom. The molecule has 5 nitrogen and oxygen atoms in total. The molecule has 2 aliphatic heterocycles. The Balaban J connectivity index is 1.99. The average Bonchev–Trinajstić information content (AvgIpc) is 2.63. The quantitative estimate of drug-likeness (QED) is 0.689. The Morgan fingerprint density at radius 1 is 1.29 bits per heavy atom. The monoisotopic (exact) mass is 242 g/mol. The van der Waals surface area contributed by atoms with Gasteiger partial charge in [-0.25, -0.2) is 4.79 Å². The van der Waals surface area contributed by atoms with Crippen molar-refractivity contribution in [1.82, 2.24) is 9.80 Å². The molecule has 0 spiro atoms. The number of amides is 1. The number of ether oxygens (including phenoxy) is 1. The van der Waals surface area contributed by atoms with Crippen LogP contribution in [0.1, 0.15) is 33.6 Å². The molecule has 0 aromatic carbocycles. The van der Waals surface area contributed by atoms with Gasteiger partial charge in [0.1, 0.15) is 11.8 Å². The number of nitrogens with zero attached hydrogens (tertiary/aromatic N) is 2. The Bertz CT molecular complexity index is 301. The minimum atomic E-state index is -0.721. The maximum atomic E-state index is 11.9. The summed E-state index contributed by atoms with van der Waals surface area (Å²) in [6.07, 6.45) is 0.933. The van der Waals surface area contributed by atoms with Crippen LogP contribution in [0.5, 0.6) is 0 Å². The summed E-state index contributed by atoms with van der Waals surface area (Å²) in [6, 6.07) is 0.0938. The van der Waals surface area contributed by atoms with E-state index in [-0.39, 0.29) is 6.04 Å². The number of rotatable bonds is 0. The molecule has 2 saturated heterocycles. The minimum absolute atomic E-state index is 0.0938. The number of fused-ring (bicyclic) bond motifs is 1. The van der Waals surface area contributed by atoms with Crippen molar-refractivity contribution in [2.75, 3.05) is 19.6 Å². The lowest BCUT2D eigenvalue weighted by atomic mass is 10.1. The van der Waals surface area contributed by atoms with Crippen LogP contribution in [0.4, 0.5) is 4.79 Å². The highest BCUT2D eigenvalue weighted by Crippen LogP contribution is 2.26. The summed E-state index contributed by atoms with van der Waals surface area (Å²) in [6.45, 7) is 7.92. The van der Waals surface area contributed by atoms with Crippen LogP contribution in [0.2, 0.25) is 0 Å². The first-order valence-corrected chi connectivity index (χ1v) is 6.30.